The van der Waals surface area contributed by atoms with Crippen LogP contribution < -0.4 is 10.6 Å². The first-order chi connectivity index (χ1) is 8.56. The van der Waals surface area contributed by atoms with E-state index in [-0.39, 0.29) is 23.3 Å². The lowest BCUT2D eigenvalue weighted by Gasteiger charge is -1.94. The third-order valence-corrected chi connectivity index (χ3v) is 2.54. The molecule has 2 N–H and O–H groups in total. The molecule has 0 fully saturated rings. The van der Waals surface area contributed by atoms with Gasteiger partial charge in [0.2, 0.25) is 22.8 Å². The molecule has 2 aromatic heterocycles. The summed E-state index contributed by atoms with van der Waals surface area (Å²) in [6.07, 6.45) is 0. The molecule has 2 amide bonds. The molecule has 2 aromatic rings. The number of nitrogens with zero attached hydrogens (tertiary/aromatic N) is 4. The summed E-state index contributed by atoms with van der Waals surface area (Å²) in [5, 5.41) is 20.4. The predicted octanol–water partition coefficient (Wildman–Crippen LogP) is 0.505. The van der Waals surface area contributed by atoms with Gasteiger partial charge in [-0.25, -0.2) is 4.63 Å². The molecule has 0 atom stereocenters. The maximum Gasteiger partial charge on any atom is 0.223 e. The van der Waals surface area contributed by atoms with E-state index in [2.05, 4.69) is 35.8 Å². The maximum absolute atomic E-state index is 10.9. The zero-order chi connectivity index (χ0) is 13.1. The number of rotatable bonds is 3. The molecule has 0 saturated carbocycles. The first-order valence-corrected chi connectivity index (χ1v) is 5.59. The monoisotopic (exact) mass is 268 g/mol. The van der Waals surface area contributed by atoms with Crippen molar-refractivity contribution in [2.75, 3.05) is 10.6 Å². The lowest BCUT2D eigenvalue weighted by molar-refractivity contribution is -0.115. The van der Waals surface area contributed by atoms with Crippen molar-refractivity contribution in [3.8, 4) is 10.7 Å². The lowest BCUT2D eigenvalue weighted by Crippen LogP contribution is -2.06. The Morgan fingerprint density at radius 1 is 1.11 bits per heavy atom. The summed E-state index contributed by atoms with van der Waals surface area (Å²) in [6.45, 7) is 2.70. The van der Waals surface area contributed by atoms with Crippen LogP contribution >= 0.6 is 11.3 Å². The molecule has 2 rings (SSSR count). The Bertz CT molecular complexity index is 591. The summed E-state index contributed by atoms with van der Waals surface area (Å²) in [5.41, 5.74) is 0.263. The highest BCUT2D eigenvalue weighted by Gasteiger charge is 2.18. The Morgan fingerprint density at radius 2 is 1.83 bits per heavy atom. The molecule has 0 aliphatic heterocycles. The SMILES string of the molecule is CC(=O)Nc1nnc(-c2nonc2NC(C)=O)s1. The summed E-state index contributed by atoms with van der Waals surface area (Å²) in [5.74, 6) is -0.398. The predicted molar refractivity (Wildman–Crippen MR) is 61.8 cm³/mol. The van der Waals surface area contributed by atoms with Crippen molar-refractivity contribution in [2.45, 2.75) is 13.8 Å². The minimum absolute atomic E-state index is 0.160. The molecular formula is C8H8N6O3S. The van der Waals surface area contributed by atoms with Crippen LogP contribution in [0, 0.1) is 0 Å². The van der Waals surface area contributed by atoms with Gasteiger partial charge in [0.25, 0.3) is 0 Å². The van der Waals surface area contributed by atoms with Crippen LogP contribution in [0.1, 0.15) is 13.8 Å². The highest BCUT2D eigenvalue weighted by Crippen LogP contribution is 2.29. The molecular weight excluding hydrogens is 260 g/mol. The second-order valence-electron chi connectivity index (χ2n) is 3.24. The van der Waals surface area contributed by atoms with E-state index in [1.807, 2.05) is 0 Å². The number of carbonyl (C=O) groups is 2. The second-order valence-corrected chi connectivity index (χ2v) is 4.21. The molecule has 0 aliphatic carbocycles. The van der Waals surface area contributed by atoms with Crippen LogP contribution in [-0.4, -0.2) is 32.3 Å². The normalized spacial score (nSPS) is 10.1. The molecule has 0 spiro atoms. The highest BCUT2D eigenvalue weighted by molar-refractivity contribution is 7.18. The molecule has 0 saturated heterocycles. The molecule has 0 aliphatic rings. The average Bonchev–Trinajstić information content (AvgIpc) is 2.85. The van der Waals surface area contributed by atoms with Gasteiger partial charge in [0, 0.05) is 13.8 Å². The Kier molecular flexibility index (Phi) is 3.28. The number of nitrogens with one attached hydrogen (secondary N) is 2. The molecule has 2 heterocycles. The maximum atomic E-state index is 10.9. The zero-order valence-corrected chi connectivity index (χ0v) is 10.2. The van der Waals surface area contributed by atoms with Crippen LogP contribution in [0.15, 0.2) is 4.63 Å². The summed E-state index contributed by atoms with van der Waals surface area (Å²) < 4.78 is 4.53. The number of amides is 2. The van der Waals surface area contributed by atoms with Crippen molar-refractivity contribution in [2.24, 2.45) is 0 Å². The van der Waals surface area contributed by atoms with E-state index in [1.54, 1.807) is 0 Å². The number of carbonyl (C=O) groups excluding carboxylic acids is 2. The highest BCUT2D eigenvalue weighted by atomic mass is 32.1. The topological polar surface area (TPSA) is 123 Å². The largest absolute Gasteiger partial charge is 0.306 e. The quantitative estimate of drug-likeness (QED) is 0.830. The number of aromatic nitrogens is 4. The first kappa shape index (κ1) is 12.1. The summed E-state index contributed by atoms with van der Waals surface area (Å²) >= 11 is 1.09. The van der Waals surface area contributed by atoms with Crippen LogP contribution in [0.3, 0.4) is 0 Å². The van der Waals surface area contributed by atoms with Crippen molar-refractivity contribution in [1.82, 2.24) is 20.5 Å². The molecule has 9 nitrogen and oxygen atoms in total. The molecule has 0 unspecified atom stereocenters. The second kappa shape index (κ2) is 4.87. The van der Waals surface area contributed by atoms with E-state index in [0.29, 0.717) is 10.1 Å². The smallest absolute Gasteiger partial charge is 0.223 e. The van der Waals surface area contributed by atoms with Gasteiger partial charge < -0.3 is 10.6 Å². The van der Waals surface area contributed by atoms with E-state index < -0.39 is 0 Å². The Labute approximate surface area is 105 Å². The minimum Gasteiger partial charge on any atom is -0.306 e. The van der Waals surface area contributed by atoms with Crippen LogP contribution in [0.4, 0.5) is 10.9 Å². The van der Waals surface area contributed by atoms with Gasteiger partial charge in [-0.3, -0.25) is 9.59 Å². The van der Waals surface area contributed by atoms with Gasteiger partial charge in [-0.1, -0.05) is 11.3 Å². The van der Waals surface area contributed by atoms with Crippen molar-refractivity contribution >= 4 is 34.1 Å². The fourth-order valence-corrected chi connectivity index (χ4v) is 1.87. The standard InChI is InChI=1S/C8H8N6O3S/c1-3(15)9-6-5(13-17-14-6)7-11-12-8(18-7)10-4(2)16/h1-2H3,(H,9,14,15)(H,10,12,16). The van der Waals surface area contributed by atoms with Gasteiger partial charge >= 0.3 is 0 Å². The Balaban J connectivity index is 2.26. The fraction of sp³-hybridized carbons (Fsp3) is 0.250. The van der Waals surface area contributed by atoms with Gasteiger partial charge in [-0.2, -0.15) is 0 Å². The lowest BCUT2D eigenvalue weighted by atomic mass is 10.4. The Morgan fingerprint density at radius 3 is 2.50 bits per heavy atom. The van der Waals surface area contributed by atoms with E-state index in [4.69, 9.17) is 0 Å². The van der Waals surface area contributed by atoms with Crippen LogP contribution in [0.5, 0.6) is 0 Å². The average molecular weight is 268 g/mol. The molecule has 10 heteroatoms. The van der Waals surface area contributed by atoms with E-state index in [0.717, 1.165) is 11.3 Å². The van der Waals surface area contributed by atoms with Gasteiger partial charge in [-0.15, -0.1) is 10.2 Å². The number of hydrogen-bond acceptors (Lipinski definition) is 8. The van der Waals surface area contributed by atoms with Crippen molar-refractivity contribution in [3.63, 3.8) is 0 Å². The number of hydrogen-bond donors (Lipinski definition) is 2. The summed E-state index contributed by atoms with van der Waals surface area (Å²) in [7, 11) is 0. The molecule has 0 aromatic carbocycles. The van der Waals surface area contributed by atoms with E-state index in [1.165, 1.54) is 13.8 Å². The van der Waals surface area contributed by atoms with Crippen molar-refractivity contribution < 1.29 is 14.2 Å². The molecule has 0 bridgehead atoms. The third-order valence-electron chi connectivity index (χ3n) is 1.69. The van der Waals surface area contributed by atoms with Crippen molar-refractivity contribution in [3.05, 3.63) is 0 Å². The van der Waals surface area contributed by atoms with Gasteiger partial charge in [0.15, 0.2) is 10.7 Å². The van der Waals surface area contributed by atoms with E-state index >= 15 is 0 Å². The minimum atomic E-state index is -0.307. The summed E-state index contributed by atoms with van der Waals surface area (Å²) in [6, 6.07) is 0. The van der Waals surface area contributed by atoms with Gasteiger partial charge in [0.1, 0.15) is 0 Å². The first-order valence-electron chi connectivity index (χ1n) is 4.78. The van der Waals surface area contributed by atoms with Crippen LogP contribution in [-0.2, 0) is 9.59 Å². The molecule has 18 heavy (non-hydrogen) atoms. The van der Waals surface area contributed by atoms with Crippen molar-refractivity contribution in [1.29, 1.82) is 0 Å². The Hall–Kier alpha value is -2.36. The summed E-state index contributed by atoms with van der Waals surface area (Å²) in [4.78, 5) is 21.8. The fourth-order valence-electron chi connectivity index (χ4n) is 1.10. The van der Waals surface area contributed by atoms with Crippen LogP contribution in [0.2, 0.25) is 0 Å². The third kappa shape index (κ3) is 2.66. The number of anilines is 2. The van der Waals surface area contributed by atoms with E-state index in [9.17, 15) is 9.59 Å². The van der Waals surface area contributed by atoms with Gasteiger partial charge in [-0.05, 0) is 10.3 Å². The van der Waals surface area contributed by atoms with Crippen LogP contribution in [0.25, 0.3) is 10.7 Å². The molecule has 0 radical (unpaired) electrons. The zero-order valence-electron chi connectivity index (χ0n) is 9.42. The van der Waals surface area contributed by atoms with Gasteiger partial charge in [0.05, 0.1) is 0 Å². The molecule has 94 valence electrons.